The number of halogens is 1. The zero-order chi connectivity index (χ0) is 14.9. The molecule has 108 valence electrons. The van der Waals surface area contributed by atoms with Crippen molar-refractivity contribution in [3.63, 3.8) is 0 Å². The quantitative estimate of drug-likeness (QED) is 0.854. The molecule has 0 spiro atoms. The lowest BCUT2D eigenvalue weighted by Gasteiger charge is -2.07. The first-order valence-electron chi connectivity index (χ1n) is 5.69. The summed E-state index contributed by atoms with van der Waals surface area (Å²) in [5, 5.41) is 2.14. The highest BCUT2D eigenvalue weighted by atomic mass is 79.9. The Morgan fingerprint density at radius 3 is 2.75 bits per heavy atom. The molecule has 0 aliphatic carbocycles. The van der Waals surface area contributed by atoms with Crippen LogP contribution in [-0.4, -0.2) is 18.4 Å². The van der Waals surface area contributed by atoms with E-state index in [1.54, 1.807) is 0 Å². The molecule has 6 nitrogen and oxygen atoms in total. The molecule has 3 N–H and O–H groups in total. The molecular formula is C11H13BrN4O2S2. The van der Waals surface area contributed by atoms with Crippen LogP contribution in [0.4, 0.5) is 10.9 Å². The molecule has 0 aliphatic heterocycles. The Labute approximate surface area is 129 Å². The van der Waals surface area contributed by atoms with E-state index >= 15 is 0 Å². The number of sulfonamides is 1. The average molecular weight is 377 g/mol. The summed E-state index contributed by atoms with van der Waals surface area (Å²) in [6.45, 7) is 3.98. The molecule has 9 heteroatoms. The van der Waals surface area contributed by atoms with Gasteiger partial charge in [-0.25, -0.2) is 18.4 Å². The molecule has 0 saturated carbocycles. The van der Waals surface area contributed by atoms with Crippen molar-refractivity contribution in [2.45, 2.75) is 24.7 Å². The third kappa shape index (κ3) is 3.28. The number of aromatic nitrogens is 2. The van der Waals surface area contributed by atoms with Gasteiger partial charge < -0.3 is 5.73 Å². The molecule has 0 fully saturated rings. The minimum atomic E-state index is -3.80. The monoisotopic (exact) mass is 376 g/mol. The molecule has 0 aliphatic rings. The summed E-state index contributed by atoms with van der Waals surface area (Å²) in [5.41, 5.74) is 6.46. The maximum atomic E-state index is 12.3. The Kier molecular flexibility index (Phi) is 4.31. The molecule has 20 heavy (non-hydrogen) atoms. The van der Waals surface area contributed by atoms with Crippen molar-refractivity contribution < 1.29 is 8.42 Å². The van der Waals surface area contributed by atoms with Gasteiger partial charge in [0.2, 0.25) is 0 Å². The second kappa shape index (κ2) is 5.66. The minimum absolute atomic E-state index is 0.0543. The van der Waals surface area contributed by atoms with Crippen molar-refractivity contribution >= 4 is 48.2 Å². The number of thiazole rings is 1. The third-order valence-electron chi connectivity index (χ3n) is 2.47. The molecule has 2 rings (SSSR count). The van der Waals surface area contributed by atoms with Crippen LogP contribution in [0.25, 0.3) is 0 Å². The van der Waals surface area contributed by atoms with Gasteiger partial charge in [-0.05, 0) is 27.9 Å². The Morgan fingerprint density at radius 2 is 2.15 bits per heavy atom. The maximum Gasteiger partial charge on any atom is 0.267 e. The number of hydrogen-bond donors (Lipinski definition) is 2. The summed E-state index contributed by atoms with van der Waals surface area (Å²) in [7, 11) is -3.80. The Morgan fingerprint density at radius 1 is 1.45 bits per heavy atom. The van der Waals surface area contributed by atoms with Gasteiger partial charge in [0, 0.05) is 16.0 Å². The molecule has 0 atom stereocenters. The van der Waals surface area contributed by atoms with E-state index in [2.05, 4.69) is 30.6 Å². The Balaban J connectivity index is 2.33. The first-order chi connectivity index (χ1) is 9.29. The van der Waals surface area contributed by atoms with Gasteiger partial charge in [-0.15, -0.1) is 11.3 Å². The number of nitrogens with one attached hydrogen (secondary N) is 1. The van der Waals surface area contributed by atoms with Crippen molar-refractivity contribution in [1.82, 2.24) is 9.97 Å². The molecule has 2 aromatic rings. The molecule has 0 amide bonds. The largest absolute Gasteiger partial charge is 0.383 e. The van der Waals surface area contributed by atoms with Crippen molar-refractivity contribution in [3.05, 3.63) is 27.8 Å². The van der Waals surface area contributed by atoms with E-state index in [1.165, 1.54) is 23.6 Å². The first-order valence-corrected chi connectivity index (χ1v) is 8.84. The van der Waals surface area contributed by atoms with Crippen LogP contribution in [-0.2, 0) is 10.0 Å². The van der Waals surface area contributed by atoms with E-state index in [4.69, 9.17) is 5.73 Å². The van der Waals surface area contributed by atoms with E-state index < -0.39 is 10.0 Å². The predicted molar refractivity (Wildman–Crippen MR) is 83.4 cm³/mol. The highest BCUT2D eigenvalue weighted by Gasteiger charge is 2.20. The number of nitrogen functional groups attached to an aromatic ring is 1. The number of hydrogen-bond acceptors (Lipinski definition) is 6. The lowest BCUT2D eigenvalue weighted by atomic mass is 10.2. The zero-order valence-corrected chi connectivity index (χ0v) is 14.0. The fraction of sp³-hybridized carbons (Fsp3) is 0.273. The van der Waals surface area contributed by atoms with Crippen LogP contribution in [0.2, 0.25) is 0 Å². The van der Waals surface area contributed by atoms with Gasteiger partial charge >= 0.3 is 0 Å². The fourth-order valence-corrected chi connectivity index (χ4v) is 4.13. The average Bonchev–Trinajstić information content (AvgIpc) is 2.80. The van der Waals surface area contributed by atoms with Gasteiger partial charge in [-0.2, -0.15) is 0 Å². The van der Waals surface area contributed by atoms with Gasteiger partial charge in [0.05, 0.1) is 5.69 Å². The van der Waals surface area contributed by atoms with Crippen LogP contribution in [0.5, 0.6) is 0 Å². The SMILES string of the molecule is CC(C)c1csc(NS(=O)(=O)c2cc(Br)cnc2N)n1. The van der Waals surface area contributed by atoms with Gasteiger partial charge in [0.15, 0.2) is 5.13 Å². The number of rotatable bonds is 4. The standard InChI is InChI=1S/C11H13BrN4O2S2/c1-6(2)8-5-19-11(15-8)16-20(17,18)9-3-7(12)4-14-10(9)13/h3-6H,1-2H3,(H2,13,14)(H,15,16). The summed E-state index contributed by atoms with van der Waals surface area (Å²) in [4.78, 5) is 7.97. The molecule has 0 aromatic carbocycles. The predicted octanol–water partition coefficient (Wildman–Crippen LogP) is 2.81. The molecule has 0 radical (unpaired) electrons. The second-order valence-electron chi connectivity index (χ2n) is 4.37. The summed E-state index contributed by atoms with van der Waals surface area (Å²) in [5.74, 6) is 0.184. The van der Waals surface area contributed by atoms with Crippen LogP contribution >= 0.6 is 27.3 Å². The lowest BCUT2D eigenvalue weighted by molar-refractivity contribution is 0.601. The summed E-state index contributed by atoms with van der Waals surface area (Å²) in [6.07, 6.45) is 1.44. The smallest absolute Gasteiger partial charge is 0.267 e. The molecular weight excluding hydrogens is 364 g/mol. The highest BCUT2D eigenvalue weighted by Crippen LogP contribution is 2.26. The fourth-order valence-electron chi connectivity index (χ4n) is 1.41. The summed E-state index contributed by atoms with van der Waals surface area (Å²) >= 11 is 4.41. The van der Waals surface area contributed by atoms with Crippen LogP contribution in [0.3, 0.4) is 0 Å². The van der Waals surface area contributed by atoms with Crippen molar-refractivity contribution in [2.75, 3.05) is 10.5 Å². The van der Waals surface area contributed by atoms with Gasteiger partial charge in [0.25, 0.3) is 10.0 Å². The first kappa shape index (κ1) is 15.2. The Hall–Kier alpha value is -1.19. The van der Waals surface area contributed by atoms with Crippen molar-refractivity contribution in [2.24, 2.45) is 0 Å². The molecule has 2 heterocycles. The van der Waals surface area contributed by atoms with Crippen LogP contribution in [0.1, 0.15) is 25.5 Å². The number of nitrogens with two attached hydrogens (primary N) is 1. The number of pyridine rings is 1. The van der Waals surface area contributed by atoms with Gasteiger partial charge in [0.1, 0.15) is 10.7 Å². The highest BCUT2D eigenvalue weighted by molar-refractivity contribution is 9.10. The number of anilines is 2. The van der Waals surface area contributed by atoms with E-state index in [1.807, 2.05) is 19.2 Å². The summed E-state index contributed by atoms with van der Waals surface area (Å²) in [6, 6.07) is 1.40. The summed E-state index contributed by atoms with van der Waals surface area (Å²) < 4.78 is 27.5. The van der Waals surface area contributed by atoms with Crippen LogP contribution < -0.4 is 10.5 Å². The minimum Gasteiger partial charge on any atom is -0.383 e. The van der Waals surface area contributed by atoms with Crippen molar-refractivity contribution in [3.8, 4) is 0 Å². The zero-order valence-electron chi connectivity index (χ0n) is 10.8. The molecule has 2 aromatic heterocycles. The third-order valence-corrected chi connectivity index (χ3v) is 5.18. The van der Waals surface area contributed by atoms with Gasteiger partial charge in [-0.3, -0.25) is 4.72 Å². The molecule has 0 bridgehead atoms. The lowest BCUT2D eigenvalue weighted by Crippen LogP contribution is -2.15. The normalized spacial score (nSPS) is 11.8. The van der Waals surface area contributed by atoms with E-state index in [0.717, 1.165) is 5.69 Å². The molecule has 0 unspecified atom stereocenters. The van der Waals surface area contributed by atoms with Crippen LogP contribution in [0, 0.1) is 0 Å². The number of nitrogens with zero attached hydrogens (tertiary/aromatic N) is 2. The van der Waals surface area contributed by atoms with E-state index in [0.29, 0.717) is 9.60 Å². The maximum absolute atomic E-state index is 12.3. The Bertz CT molecular complexity index is 728. The topological polar surface area (TPSA) is 98.0 Å². The van der Waals surface area contributed by atoms with E-state index in [-0.39, 0.29) is 16.6 Å². The van der Waals surface area contributed by atoms with Crippen molar-refractivity contribution in [1.29, 1.82) is 0 Å². The van der Waals surface area contributed by atoms with Crippen LogP contribution in [0.15, 0.2) is 27.0 Å². The van der Waals surface area contributed by atoms with Gasteiger partial charge in [-0.1, -0.05) is 13.8 Å². The van der Waals surface area contributed by atoms with E-state index in [9.17, 15) is 8.42 Å². The second-order valence-corrected chi connectivity index (χ2v) is 7.80. The molecule has 0 saturated heterocycles.